The van der Waals surface area contributed by atoms with Crippen LogP contribution in [0.5, 0.6) is 0 Å². The molecule has 0 spiro atoms. The van der Waals surface area contributed by atoms with Crippen LogP contribution in [0, 0.1) is 17.8 Å². The quantitative estimate of drug-likeness (QED) is 0.866. The number of furan rings is 1. The molecule has 0 bridgehead atoms. The van der Waals surface area contributed by atoms with Crippen molar-refractivity contribution in [3.05, 3.63) is 22.6 Å². The highest BCUT2D eigenvalue weighted by molar-refractivity contribution is 9.10. The first kappa shape index (κ1) is 14.1. The zero-order chi connectivity index (χ0) is 13.1. The third-order valence-corrected chi connectivity index (χ3v) is 4.44. The normalized spacial score (nSPS) is 30.3. The Hall–Kier alpha value is -0.280. The van der Waals surface area contributed by atoms with Gasteiger partial charge in [0.1, 0.15) is 5.76 Å². The lowest BCUT2D eigenvalue weighted by molar-refractivity contribution is 0.165. The molecule has 3 atom stereocenters. The van der Waals surface area contributed by atoms with E-state index in [4.69, 9.17) is 4.42 Å². The Morgan fingerprint density at radius 3 is 2.44 bits per heavy atom. The van der Waals surface area contributed by atoms with Gasteiger partial charge in [-0.3, -0.25) is 0 Å². The highest BCUT2D eigenvalue weighted by Gasteiger charge is 2.31. The van der Waals surface area contributed by atoms with Crippen molar-refractivity contribution in [1.82, 2.24) is 5.32 Å². The summed E-state index contributed by atoms with van der Waals surface area (Å²) in [4.78, 5) is 0. The summed E-state index contributed by atoms with van der Waals surface area (Å²) in [5.74, 6) is 3.44. The molecule has 102 valence electrons. The first-order valence-corrected chi connectivity index (χ1v) is 7.88. The minimum absolute atomic E-state index is 0.367. The molecule has 1 fully saturated rings. The Morgan fingerprint density at radius 2 is 1.94 bits per heavy atom. The second-order valence-corrected chi connectivity index (χ2v) is 6.64. The van der Waals surface area contributed by atoms with E-state index in [-0.39, 0.29) is 0 Å². The van der Waals surface area contributed by atoms with Gasteiger partial charge in [-0.2, -0.15) is 0 Å². The number of halogens is 1. The molecule has 2 rings (SSSR count). The summed E-state index contributed by atoms with van der Waals surface area (Å²) in [6.07, 6.45) is 3.98. The van der Waals surface area contributed by atoms with Crippen LogP contribution in [-0.2, 0) is 0 Å². The molecule has 3 unspecified atom stereocenters. The molecule has 1 aliphatic rings. The number of hydrogen-bond donors (Lipinski definition) is 1. The predicted octanol–water partition coefficient (Wildman–Crippen LogP) is 4.77. The third-order valence-electron chi connectivity index (χ3n) is 4.01. The minimum atomic E-state index is 0.367. The monoisotopic (exact) mass is 313 g/mol. The van der Waals surface area contributed by atoms with Gasteiger partial charge in [0.25, 0.3) is 0 Å². The Kier molecular flexibility index (Phi) is 4.91. The number of hydrogen-bond acceptors (Lipinski definition) is 2. The van der Waals surface area contributed by atoms with Crippen LogP contribution < -0.4 is 5.32 Å². The van der Waals surface area contributed by atoms with Gasteiger partial charge in [-0.05, 0) is 71.6 Å². The largest absolute Gasteiger partial charge is 0.453 e. The predicted molar refractivity (Wildman–Crippen MR) is 78.5 cm³/mol. The topological polar surface area (TPSA) is 25.2 Å². The molecular weight excluding hydrogens is 290 g/mol. The zero-order valence-electron chi connectivity index (χ0n) is 11.6. The second kappa shape index (κ2) is 6.25. The van der Waals surface area contributed by atoms with Gasteiger partial charge in [-0.25, -0.2) is 0 Å². The summed E-state index contributed by atoms with van der Waals surface area (Å²) in [7, 11) is 0. The van der Waals surface area contributed by atoms with Crippen LogP contribution in [0.15, 0.2) is 21.2 Å². The van der Waals surface area contributed by atoms with Crippen molar-refractivity contribution >= 4 is 15.9 Å². The summed E-state index contributed by atoms with van der Waals surface area (Å²) in [5, 5.41) is 3.61. The average molecular weight is 314 g/mol. The number of nitrogens with one attached hydrogen (secondary N) is 1. The molecule has 1 aromatic rings. The smallest absolute Gasteiger partial charge is 0.169 e. The Balaban J connectivity index is 2.14. The zero-order valence-corrected chi connectivity index (χ0v) is 13.2. The van der Waals surface area contributed by atoms with E-state index in [1.807, 2.05) is 6.07 Å². The van der Waals surface area contributed by atoms with Crippen LogP contribution in [0.25, 0.3) is 0 Å². The fraction of sp³-hybridized carbons (Fsp3) is 0.733. The first-order valence-electron chi connectivity index (χ1n) is 7.08. The maximum absolute atomic E-state index is 5.78. The minimum Gasteiger partial charge on any atom is -0.453 e. The fourth-order valence-corrected chi connectivity index (χ4v) is 3.82. The molecule has 2 nitrogen and oxygen atoms in total. The highest BCUT2D eigenvalue weighted by Crippen LogP contribution is 2.40. The van der Waals surface area contributed by atoms with Crippen LogP contribution in [0.4, 0.5) is 0 Å². The van der Waals surface area contributed by atoms with Crippen molar-refractivity contribution in [1.29, 1.82) is 0 Å². The summed E-state index contributed by atoms with van der Waals surface area (Å²) >= 11 is 3.40. The second-order valence-electron chi connectivity index (χ2n) is 5.85. The van der Waals surface area contributed by atoms with Gasteiger partial charge in [0.15, 0.2) is 4.67 Å². The Labute approximate surface area is 119 Å². The maximum atomic E-state index is 5.78. The summed E-state index contributed by atoms with van der Waals surface area (Å²) in [6.45, 7) is 7.91. The van der Waals surface area contributed by atoms with Crippen molar-refractivity contribution < 1.29 is 4.42 Å². The molecule has 0 aromatic carbocycles. The van der Waals surface area contributed by atoms with Crippen molar-refractivity contribution in [2.45, 2.75) is 46.1 Å². The summed E-state index contributed by atoms with van der Waals surface area (Å²) in [5.41, 5.74) is 0. The first-order chi connectivity index (χ1) is 8.60. The van der Waals surface area contributed by atoms with Crippen LogP contribution in [-0.4, -0.2) is 6.54 Å². The molecule has 1 N–H and O–H groups in total. The fourth-order valence-electron chi connectivity index (χ4n) is 3.50. The van der Waals surface area contributed by atoms with E-state index in [0.29, 0.717) is 12.0 Å². The molecule has 0 aliphatic heterocycles. The summed E-state index contributed by atoms with van der Waals surface area (Å²) in [6, 6.07) is 4.46. The molecule has 1 aromatic heterocycles. The van der Waals surface area contributed by atoms with E-state index < -0.39 is 0 Å². The highest BCUT2D eigenvalue weighted by atomic mass is 79.9. The van der Waals surface area contributed by atoms with E-state index in [2.05, 4.69) is 48.1 Å². The lowest BCUT2D eigenvalue weighted by Gasteiger charge is -2.36. The van der Waals surface area contributed by atoms with Gasteiger partial charge in [-0.15, -0.1) is 0 Å². The van der Waals surface area contributed by atoms with E-state index in [1.54, 1.807) is 0 Å². The van der Waals surface area contributed by atoms with E-state index in [9.17, 15) is 0 Å². The van der Waals surface area contributed by atoms with Crippen molar-refractivity contribution in [3.63, 3.8) is 0 Å². The van der Waals surface area contributed by atoms with Crippen LogP contribution >= 0.6 is 15.9 Å². The van der Waals surface area contributed by atoms with Gasteiger partial charge in [-0.1, -0.05) is 20.8 Å². The Bertz CT molecular complexity index is 366. The standard InChI is InChI=1S/C15H24BrNO/c1-4-17-15(13-5-6-14(16)18-13)12-8-10(2)7-11(3)9-12/h5-6,10-12,15,17H,4,7-9H2,1-3H3. The van der Waals surface area contributed by atoms with Gasteiger partial charge < -0.3 is 9.73 Å². The molecule has 3 heteroatoms. The van der Waals surface area contributed by atoms with E-state index in [0.717, 1.165) is 28.8 Å². The molecule has 18 heavy (non-hydrogen) atoms. The van der Waals surface area contributed by atoms with Crippen molar-refractivity contribution in [2.75, 3.05) is 6.54 Å². The van der Waals surface area contributed by atoms with Crippen molar-refractivity contribution in [2.24, 2.45) is 17.8 Å². The molecule has 0 amide bonds. The average Bonchev–Trinajstić information content (AvgIpc) is 2.71. The van der Waals surface area contributed by atoms with Gasteiger partial charge in [0.2, 0.25) is 0 Å². The molecule has 1 aliphatic carbocycles. The molecule has 0 radical (unpaired) electrons. The number of rotatable bonds is 4. The molecule has 1 saturated carbocycles. The third kappa shape index (κ3) is 3.39. The maximum Gasteiger partial charge on any atom is 0.169 e. The van der Waals surface area contributed by atoms with Gasteiger partial charge in [0.05, 0.1) is 6.04 Å². The van der Waals surface area contributed by atoms with Gasteiger partial charge in [0, 0.05) is 0 Å². The molecule has 0 saturated heterocycles. The van der Waals surface area contributed by atoms with Gasteiger partial charge >= 0.3 is 0 Å². The van der Waals surface area contributed by atoms with Crippen LogP contribution in [0.1, 0.15) is 51.8 Å². The Morgan fingerprint density at radius 1 is 1.28 bits per heavy atom. The van der Waals surface area contributed by atoms with E-state index in [1.165, 1.54) is 19.3 Å². The molecule has 1 heterocycles. The van der Waals surface area contributed by atoms with Crippen molar-refractivity contribution in [3.8, 4) is 0 Å². The molecular formula is C15H24BrNO. The lowest BCUT2D eigenvalue weighted by atomic mass is 9.73. The SMILES string of the molecule is CCNC(c1ccc(Br)o1)C1CC(C)CC(C)C1. The summed E-state index contributed by atoms with van der Waals surface area (Å²) < 4.78 is 6.61. The van der Waals surface area contributed by atoms with Crippen LogP contribution in [0.3, 0.4) is 0 Å². The van der Waals surface area contributed by atoms with E-state index >= 15 is 0 Å². The van der Waals surface area contributed by atoms with Crippen LogP contribution in [0.2, 0.25) is 0 Å². The lowest BCUT2D eigenvalue weighted by Crippen LogP contribution is -2.33.